The minimum absolute atomic E-state index is 0.219. The number of benzene rings is 1. The normalized spacial score (nSPS) is 21.7. The zero-order valence-corrected chi connectivity index (χ0v) is 15.6. The van der Waals surface area contributed by atoms with E-state index in [4.69, 9.17) is 5.11 Å². The van der Waals surface area contributed by atoms with Crippen LogP contribution in [-0.4, -0.2) is 50.7 Å². The molecule has 0 unspecified atom stereocenters. The van der Waals surface area contributed by atoms with Crippen molar-refractivity contribution in [2.45, 2.75) is 57.5 Å². The molecule has 1 atom stereocenters. The number of aliphatic hydroxyl groups is 1. The molecule has 4 rings (SSSR count). The van der Waals surface area contributed by atoms with Crippen molar-refractivity contribution in [3.8, 4) is 0 Å². The quantitative estimate of drug-likeness (QED) is 0.866. The van der Waals surface area contributed by atoms with Crippen LogP contribution >= 0.6 is 0 Å². The third kappa shape index (κ3) is 4.15. The van der Waals surface area contributed by atoms with E-state index in [2.05, 4.69) is 45.7 Å². The zero-order valence-electron chi connectivity index (χ0n) is 15.6. The first-order valence-corrected chi connectivity index (χ1v) is 10.1. The van der Waals surface area contributed by atoms with E-state index in [1.807, 2.05) is 4.68 Å². The van der Waals surface area contributed by atoms with Gasteiger partial charge >= 0.3 is 0 Å². The summed E-state index contributed by atoms with van der Waals surface area (Å²) in [5.41, 5.74) is 4.11. The third-order valence-electron chi connectivity index (χ3n) is 6.11. The molecular weight excluding hydrogens is 324 g/mol. The fourth-order valence-corrected chi connectivity index (χ4v) is 4.56. The molecule has 0 spiro atoms. The average molecular weight is 354 g/mol. The molecule has 0 amide bonds. The summed E-state index contributed by atoms with van der Waals surface area (Å²) in [6.07, 6.45) is 9.90. The molecule has 1 fully saturated rings. The van der Waals surface area contributed by atoms with Crippen LogP contribution in [0.5, 0.6) is 0 Å². The molecule has 26 heavy (non-hydrogen) atoms. The number of aromatic nitrogens is 3. The van der Waals surface area contributed by atoms with Gasteiger partial charge < -0.3 is 10.0 Å². The maximum absolute atomic E-state index is 8.92. The van der Waals surface area contributed by atoms with Gasteiger partial charge in [-0.15, -0.1) is 5.10 Å². The second-order valence-electron chi connectivity index (χ2n) is 7.90. The smallest absolute Gasteiger partial charge is 0.0828 e. The summed E-state index contributed by atoms with van der Waals surface area (Å²) in [6.45, 7) is 3.62. The van der Waals surface area contributed by atoms with Gasteiger partial charge in [0.05, 0.1) is 5.69 Å². The average Bonchev–Trinajstić information content (AvgIpc) is 3.14. The molecule has 140 valence electrons. The molecule has 1 aliphatic heterocycles. The van der Waals surface area contributed by atoms with Gasteiger partial charge in [-0.2, -0.15) is 0 Å². The SMILES string of the molecule is OCCCc1cn(CC2CCN([C@H]3CCc4ccccc4C3)CC2)nn1. The largest absolute Gasteiger partial charge is 0.396 e. The Labute approximate surface area is 156 Å². The maximum atomic E-state index is 8.92. The highest BCUT2D eigenvalue weighted by atomic mass is 16.2. The van der Waals surface area contributed by atoms with Crippen LogP contribution < -0.4 is 0 Å². The fraction of sp³-hybridized carbons (Fsp3) is 0.619. The number of nitrogens with zero attached hydrogens (tertiary/aromatic N) is 4. The molecule has 2 heterocycles. The van der Waals surface area contributed by atoms with Crippen molar-refractivity contribution in [1.82, 2.24) is 19.9 Å². The Hall–Kier alpha value is -1.72. The summed E-state index contributed by atoms with van der Waals surface area (Å²) in [4.78, 5) is 2.72. The van der Waals surface area contributed by atoms with Crippen LogP contribution in [0.15, 0.2) is 30.5 Å². The van der Waals surface area contributed by atoms with E-state index in [-0.39, 0.29) is 6.61 Å². The Balaban J connectivity index is 1.26. The van der Waals surface area contributed by atoms with Crippen molar-refractivity contribution in [3.05, 3.63) is 47.3 Å². The van der Waals surface area contributed by atoms with E-state index in [1.165, 1.54) is 45.2 Å². The van der Waals surface area contributed by atoms with Crippen LogP contribution in [0.25, 0.3) is 0 Å². The number of piperidine rings is 1. The maximum Gasteiger partial charge on any atom is 0.0828 e. The van der Waals surface area contributed by atoms with Crippen molar-refractivity contribution in [2.24, 2.45) is 5.92 Å². The Morgan fingerprint density at radius 3 is 2.69 bits per heavy atom. The van der Waals surface area contributed by atoms with E-state index in [1.54, 1.807) is 11.1 Å². The first-order chi connectivity index (χ1) is 12.8. The monoisotopic (exact) mass is 354 g/mol. The van der Waals surface area contributed by atoms with Crippen molar-refractivity contribution in [2.75, 3.05) is 19.7 Å². The van der Waals surface area contributed by atoms with E-state index in [0.717, 1.165) is 31.1 Å². The molecule has 5 nitrogen and oxygen atoms in total. The summed E-state index contributed by atoms with van der Waals surface area (Å²) in [5, 5.41) is 17.4. The molecule has 0 saturated carbocycles. The highest BCUT2D eigenvalue weighted by Crippen LogP contribution is 2.28. The summed E-state index contributed by atoms with van der Waals surface area (Å²) in [5.74, 6) is 0.703. The lowest BCUT2D eigenvalue weighted by Gasteiger charge is -2.39. The first-order valence-electron chi connectivity index (χ1n) is 10.1. The zero-order chi connectivity index (χ0) is 17.8. The van der Waals surface area contributed by atoms with Crippen LogP contribution in [0.4, 0.5) is 0 Å². The van der Waals surface area contributed by atoms with E-state index < -0.39 is 0 Å². The molecule has 1 aromatic carbocycles. The lowest BCUT2D eigenvalue weighted by atomic mass is 9.86. The number of fused-ring (bicyclic) bond motifs is 1. The first kappa shape index (κ1) is 17.7. The predicted octanol–water partition coefficient (Wildman–Crippen LogP) is 2.47. The van der Waals surface area contributed by atoms with Gasteiger partial charge in [0.1, 0.15) is 0 Å². The Morgan fingerprint density at radius 1 is 1.08 bits per heavy atom. The van der Waals surface area contributed by atoms with E-state index in [0.29, 0.717) is 5.92 Å². The van der Waals surface area contributed by atoms with Gasteiger partial charge in [0.15, 0.2) is 0 Å². The second kappa shape index (κ2) is 8.31. The topological polar surface area (TPSA) is 54.2 Å². The second-order valence-corrected chi connectivity index (χ2v) is 7.90. The molecule has 1 aliphatic carbocycles. The molecule has 1 saturated heterocycles. The molecule has 5 heteroatoms. The van der Waals surface area contributed by atoms with Crippen molar-refractivity contribution >= 4 is 0 Å². The number of likely N-dealkylation sites (tertiary alicyclic amines) is 1. The molecule has 1 N–H and O–H groups in total. The third-order valence-corrected chi connectivity index (χ3v) is 6.11. The van der Waals surface area contributed by atoms with Gasteiger partial charge in [-0.25, -0.2) is 0 Å². The number of aryl methyl sites for hydroxylation is 2. The van der Waals surface area contributed by atoms with Crippen molar-refractivity contribution in [3.63, 3.8) is 0 Å². The molecule has 0 radical (unpaired) electrons. The number of hydrogen-bond donors (Lipinski definition) is 1. The number of rotatable bonds is 6. The summed E-state index contributed by atoms with van der Waals surface area (Å²) < 4.78 is 2.00. The van der Waals surface area contributed by atoms with Crippen LogP contribution in [-0.2, 0) is 25.8 Å². The molecule has 2 aliphatic rings. The Bertz CT molecular complexity index is 706. The Morgan fingerprint density at radius 2 is 1.88 bits per heavy atom. The molecular formula is C21H30N4O. The van der Waals surface area contributed by atoms with E-state index >= 15 is 0 Å². The summed E-state index contributed by atoms with van der Waals surface area (Å²) in [6, 6.07) is 9.69. The van der Waals surface area contributed by atoms with Gasteiger partial charge in [-0.05, 0) is 75.1 Å². The van der Waals surface area contributed by atoms with Gasteiger partial charge in [0, 0.05) is 25.4 Å². The minimum Gasteiger partial charge on any atom is -0.396 e. The fourth-order valence-electron chi connectivity index (χ4n) is 4.56. The summed E-state index contributed by atoms with van der Waals surface area (Å²) >= 11 is 0. The van der Waals surface area contributed by atoms with Crippen molar-refractivity contribution in [1.29, 1.82) is 0 Å². The van der Waals surface area contributed by atoms with Gasteiger partial charge in [-0.1, -0.05) is 29.5 Å². The summed E-state index contributed by atoms with van der Waals surface area (Å²) in [7, 11) is 0. The molecule has 1 aromatic heterocycles. The van der Waals surface area contributed by atoms with Crippen LogP contribution in [0.3, 0.4) is 0 Å². The minimum atomic E-state index is 0.219. The van der Waals surface area contributed by atoms with Gasteiger partial charge in [0.25, 0.3) is 0 Å². The Kier molecular flexibility index (Phi) is 5.65. The van der Waals surface area contributed by atoms with Crippen LogP contribution in [0, 0.1) is 5.92 Å². The van der Waals surface area contributed by atoms with Gasteiger partial charge in [-0.3, -0.25) is 4.68 Å². The lowest BCUT2D eigenvalue weighted by Crippen LogP contribution is -2.44. The van der Waals surface area contributed by atoms with Crippen molar-refractivity contribution < 1.29 is 5.11 Å². The predicted molar refractivity (Wildman–Crippen MR) is 102 cm³/mol. The number of hydrogen-bond acceptors (Lipinski definition) is 4. The number of aliphatic hydroxyl groups excluding tert-OH is 1. The van der Waals surface area contributed by atoms with Crippen LogP contribution in [0.2, 0.25) is 0 Å². The van der Waals surface area contributed by atoms with E-state index in [9.17, 15) is 0 Å². The highest BCUT2D eigenvalue weighted by molar-refractivity contribution is 5.30. The standard InChI is InChI=1S/C21H30N4O/c26-13-3-6-20-16-25(23-22-20)15-17-9-11-24(12-10-17)21-8-7-18-4-1-2-5-19(18)14-21/h1-2,4-5,16-17,21,26H,3,6-15H2/t21-/m0/s1. The van der Waals surface area contributed by atoms with Gasteiger partial charge in [0.2, 0.25) is 0 Å². The molecule has 0 bridgehead atoms. The van der Waals surface area contributed by atoms with Crippen LogP contribution in [0.1, 0.15) is 42.5 Å². The highest BCUT2D eigenvalue weighted by Gasteiger charge is 2.28. The molecule has 2 aromatic rings. The lowest BCUT2D eigenvalue weighted by molar-refractivity contribution is 0.114.